The maximum Gasteiger partial charge on any atom is 0.239 e. The van der Waals surface area contributed by atoms with Crippen LogP contribution in [-0.4, -0.2) is 73.2 Å². The summed E-state index contributed by atoms with van der Waals surface area (Å²) >= 11 is 0. The first-order valence-corrected chi connectivity index (χ1v) is 9.02. The van der Waals surface area contributed by atoms with Gasteiger partial charge >= 0.3 is 0 Å². The van der Waals surface area contributed by atoms with Crippen molar-refractivity contribution in [1.29, 1.82) is 0 Å². The van der Waals surface area contributed by atoms with E-state index in [4.69, 9.17) is 4.74 Å². The van der Waals surface area contributed by atoms with Crippen molar-refractivity contribution in [1.82, 2.24) is 15.1 Å². The van der Waals surface area contributed by atoms with Crippen molar-refractivity contribution >= 4 is 18.3 Å². The second-order valence-corrected chi connectivity index (χ2v) is 7.39. The molecule has 0 aromatic rings. The van der Waals surface area contributed by atoms with Crippen LogP contribution in [-0.2, 0) is 9.53 Å². The van der Waals surface area contributed by atoms with Crippen molar-refractivity contribution in [3.8, 4) is 0 Å². The predicted octanol–water partition coefficient (Wildman–Crippen LogP) is 1.51. The van der Waals surface area contributed by atoms with Crippen molar-refractivity contribution in [2.75, 3.05) is 39.3 Å². The van der Waals surface area contributed by atoms with Gasteiger partial charge in [0.25, 0.3) is 0 Å². The van der Waals surface area contributed by atoms with Gasteiger partial charge in [-0.1, -0.05) is 0 Å². The molecule has 0 spiro atoms. The topological polar surface area (TPSA) is 44.8 Å². The highest BCUT2D eigenvalue weighted by atomic mass is 35.5. The van der Waals surface area contributed by atoms with Gasteiger partial charge in [0.2, 0.25) is 5.91 Å². The van der Waals surface area contributed by atoms with Crippen LogP contribution < -0.4 is 5.32 Å². The van der Waals surface area contributed by atoms with Crippen LogP contribution in [0.5, 0.6) is 0 Å². The molecule has 3 heterocycles. The van der Waals surface area contributed by atoms with Gasteiger partial charge in [0.15, 0.2) is 0 Å². The molecule has 3 saturated heterocycles. The summed E-state index contributed by atoms with van der Waals surface area (Å²) in [5.74, 6) is 1.07. The number of likely N-dealkylation sites (tertiary alicyclic amines) is 1. The van der Waals surface area contributed by atoms with E-state index in [2.05, 4.69) is 29.0 Å². The van der Waals surface area contributed by atoms with Crippen LogP contribution >= 0.6 is 12.4 Å². The summed E-state index contributed by atoms with van der Waals surface area (Å²) in [4.78, 5) is 17.1. The fourth-order valence-corrected chi connectivity index (χ4v) is 4.25. The van der Waals surface area contributed by atoms with E-state index in [-0.39, 0.29) is 18.4 Å². The third-order valence-electron chi connectivity index (χ3n) is 5.30. The standard InChI is InChI=1S/C17H31N3O2.ClH/c1-13-10-19(11-14(2)22-13)12-15-5-8-20(9-6-15)17(21)16-4-3-7-18-16;/h13-16,18H,3-12H2,1-2H3;1H/t13?,14?,16-;/m0./s1. The number of ether oxygens (including phenoxy) is 1. The molecular weight excluding hydrogens is 314 g/mol. The van der Waals surface area contributed by atoms with Crippen LogP contribution in [0.15, 0.2) is 0 Å². The van der Waals surface area contributed by atoms with Gasteiger partial charge in [0.05, 0.1) is 18.2 Å². The zero-order valence-corrected chi connectivity index (χ0v) is 15.3. The highest BCUT2D eigenvalue weighted by Gasteiger charge is 2.31. The summed E-state index contributed by atoms with van der Waals surface area (Å²) in [6.07, 6.45) is 5.15. The first kappa shape index (κ1) is 19.0. The number of nitrogens with zero attached hydrogens (tertiary/aromatic N) is 2. The lowest BCUT2D eigenvalue weighted by molar-refractivity contribution is -0.134. The number of hydrogen-bond donors (Lipinski definition) is 1. The highest BCUT2D eigenvalue weighted by molar-refractivity contribution is 5.85. The summed E-state index contributed by atoms with van der Waals surface area (Å²) < 4.78 is 5.81. The average Bonchev–Trinajstić information content (AvgIpc) is 3.00. The van der Waals surface area contributed by atoms with Gasteiger partial charge in [-0.15, -0.1) is 12.4 Å². The van der Waals surface area contributed by atoms with Crippen molar-refractivity contribution in [3.63, 3.8) is 0 Å². The Labute approximate surface area is 146 Å². The number of halogens is 1. The van der Waals surface area contributed by atoms with E-state index >= 15 is 0 Å². The molecule has 1 N–H and O–H groups in total. The van der Waals surface area contributed by atoms with Gasteiger partial charge < -0.3 is 15.0 Å². The van der Waals surface area contributed by atoms with Gasteiger partial charge in [-0.05, 0) is 52.0 Å². The van der Waals surface area contributed by atoms with E-state index in [1.807, 2.05) is 0 Å². The Kier molecular flexibility index (Phi) is 7.14. The molecular formula is C17H32ClN3O2. The smallest absolute Gasteiger partial charge is 0.239 e. The molecule has 0 saturated carbocycles. The van der Waals surface area contributed by atoms with Crippen LogP contribution in [0.25, 0.3) is 0 Å². The molecule has 0 radical (unpaired) electrons. The summed E-state index contributed by atoms with van der Waals surface area (Å²) in [5.41, 5.74) is 0. The Morgan fingerprint density at radius 2 is 1.78 bits per heavy atom. The second kappa shape index (κ2) is 8.65. The Morgan fingerprint density at radius 1 is 1.13 bits per heavy atom. The molecule has 6 heteroatoms. The van der Waals surface area contributed by atoms with Gasteiger partial charge in [-0.2, -0.15) is 0 Å². The first-order valence-electron chi connectivity index (χ1n) is 9.02. The van der Waals surface area contributed by atoms with Crippen molar-refractivity contribution in [2.45, 2.75) is 57.8 Å². The van der Waals surface area contributed by atoms with E-state index in [0.29, 0.717) is 18.1 Å². The van der Waals surface area contributed by atoms with Crippen LogP contribution in [0.4, 0.5) is 0 Å². The average molecular weight is 346 g/mol. The lowest BCUT2D eigenvalue weighted by Gasteiger charge is -2.39. The van der Waals surface area contributed by atoms with Crippen molar-refractivity contribution < 1.29 is 9.53 Å². The Morgan fingerprint density at radius 3 is 2.35 bits per heavy atom. The third-order valence-corrected chi connectivity index (χ3v) is 5.30. The monoisotopic (exact) mass is 345 g/mol. The summed E-state index contributed by atoms with van der Waals surface area (Å²) in [6.45, 7) is 10.5. The SMILES string of the molecule is CC1CN(CC2CCN(C(=O)[C@@H]3CCCN3)CC2)CC(C)O1.Cl. The highest BCUT2D eigenvalue weighted by Crippen LogP contribution is 2.22. The van der Waals surface area contributed by atoms with Crippen molar-refractivity contribution in [3.05, 3.63) is 0 Å². The molecule has 3 rings (SSSR count). The number of piperidine rings is 1. The molecule has 0 bridgehead atoms. The zero-order chi connectivity index (χ0) is 15.5. The van der Waals surface area contributed by atoms with Gasteiger partial charge in [-0.3, -0.25) is 9.69 Å². The fraction of sp³-hybridized carbons (Fsp3) is 0.941. The number of amides is 1. The van der Waals surface area contributed by atoms with E-state index in [1.165, 1.54) is 6.54 Å². The second-order valence-electron chi connectivity index (χ2n) is 7.39. The summed E-state index contributed by atoms with van der Waals surface area (Å²) in [5, 5.41) is 3.33. The van der Waals surface area contributed by atoms with Gasteiger partial charge in [0.1, 0.15) is 0 Å². The molecule has 23 heavy (non-hydrogen) atoms. The molecule has 3 atom stereocenters. The first-order chi connectivity index (χ1) is 10.6. The maximum atomic E-state index is 12.4. The number of carbonyl (C=O) groups excluding carboxylic acids is 1. The minimum atomic E-state index is 0. The quantitative estimate of drug-likeness (QED) is 0.842. The molecule has 0 aromatic carbocycles. The molecule has 0 aromatic heterocycles. The molecule has 2 unspecified atom stereocenters. The zero-order valence-electron chi connectivity index (χ0n) is 14.5. The lowest BCUT2D eigenvalue weighted by Crippen LogP contribution is -2.50. The van der Waals surface area contributed by atoms with Crippen LogP contribution in [0.2, 0.25) is 0 Å². The maximum absolute atomic E-state index is 12.4. The molecule has 5 nitrogen and oxygen atoms in total. The minimum Gasteiger partial charge on any atom is -0.373 e. The lowest BCUT2D eigenvalue weighted by atomic mass is 9.95. The fourth-order valence-electron chi connectivity index (χ4n) is 4.25. The van der Waals surface area contributed by atoms with Gasteiger partial charge in [0, 0.05) is 32.7 Å². The molecule has 3 fully saturated rings. The van der Waals surface area contributed by atoms with E-state index in [9.17, 15) is 4.79 Å². The predicted molar refractivity (Wildman–Crippen MR) is 94.0 cm³/mol. The van der Waals surface area contributed by atoms with E-state index in [1.54, 1.807) is 0 Å². The normalized spacial score (nSPS) is 33.5. The van der Waals surface area contributed by atoms with Crippen LogP contribution in [0, 0.1) is 5.92 Å². The molecule has 1 amide bonds. The van der Waals surface area contributed by atoms with E-state index < -0.39 is 0 Å². The van der Waals surface area contributed by atoms with E-state index in [0.717, 1.165) is 64.3 Å². The van der Waals surface area contributed by atoms with Crippen LogP contribution in [0.1, 0.15) is 39.5 Å². The molecule has 134 valence electrons. The number of rotatable bonds is 3. The molecule has 3 aliphatic heterocycles. The Bertz CT molecular complexity index is 372. The Balaban J connectivity index is 0.00000192. The Hall–Kier alpha value is -0.360. The number of nitrogens with one attached hydrogen (secondary N) is 1. The summed E-state index contributed by atoms with van der Waals surface area (Å²) in [7, 11) is 0. The third kappa shape index (κ3) is 5.05. The van der Waals surface area contributed by atoms with Crippen LogP contribution in [0.3, 0.4) is 0 Å². The number of carbonyl (C=O) groups is 1. The summed E-state index contributed by atoms with van der Waals surface area (Å²) in [6, 6.07) is 0.0949. The minimum absolute atomic E-state index is 0. The molecule has 3 aliphatic rings. The number of morpholine rings is 1. The largest absolute Gasteiger partial charge is 0.373 e. The van der Waals surface area contributed by atoms with Crippen molar-refractivity contribution in [2.24, 2.45) is 5.92 Å². The molecule has 0 aliphatic carbocycles. The van der Waals surface area contributed by atoms with Gasteiger partial charge in [-0.25, -0.2) is 0 Å². The number of hydrogen-bond acceptors (Lipinski definition) is 4.